The molecule has 0 bridgehead atoms. The number of hydrogen-bond donors (Lipinski definition) is 2. The average molecular weight is 301 g/mol. The molecule has 4 nitrogen and oxygen atoms in total. The highest BCUT2D eigenvalue weighted by Gasteiger charge is 2.25. The van der Waals surface area contributed by atoms with Gasteiger partial charge in [0.05, 0.1) is 17.1 Å². The number of nitrogens with two attached hydrogens (primary N) is 1. The third-order valence-electron chi connectivity index (χ3n) is 3.29. The smallest absolute Gasteiger partial charge is 0.244 e. The van der Waals surface area contributed by atoms with E-state index in [4.69, 9.17) is 18.0 Å². The summed E-state index contributed by atoms with van der Waals surface area (Å²) in [5.41, 5.74) is 8.23. The number of hydrogen-bond acceptors (Lipinski definition) is 3. The number of halogens is 1. The quantitative estimate of drug-likeness (QED) is 0.837. The van der Waals surface area contributed by atoms with Crippen LogP contribution in [0.3, 0.4) is 0 Å². The Labute approximate surface area is 126 Å². The van der Waals surface area contributed by atoms with E-state index >= 15 is 0 Å². The maximum absolute atomic E-state index is 13.4. The fourth-order valence-corrected chi connectivity index (χ4v) is 2.55. The van der Waals surface area contributed by atoms with Crippen LogP contribution in [0.4, 0.5) is 21.5 Å². The number of para-hydroxylation sites is 2. The molecule has 0 saturated heterocycles. The van der Waals surface area contributed by atoms with Gasteiger partial charge in [0.1, 0.15) is 17.4 Å². The van der Waals surface area contributed by atoms with E-state index in [1.807, 2.05) is 24.3 Å². The summed E-state index contributed by atoms with van der Waals surface area (Å²) in [5.74, 6) is -0.566. The molecule has 0 aliphatic carbocycles. The minimum absolute atomic E-state index is 0.0907. The second-order valence-corrected chi connectivity index (χ2v) is 5.12. The van der Waals surface area contributed by atoms with Crippen LogP contribution >= 0.6 is 12.2 Å². The molecule has 0 unspecified atom stereocenters. The molecule has 2 aromatic carbocycles. The lowest BCUT2D eigenvalue weighted by atomic mass is 10.1. The lowest BCUT2D eigenvalue weighted by molar-refractivity contribution is -0.115. The summed E-state index contributed by atoms with van der Waals surface area (Å²) < 4.78 is 13.4. The molecule has 1 aliphatic heterocycles. The van der Waals surface area contributed by atoms with Gasteiger partial charge >= 0.3 is 0 Å². The molecule has 0 atom stereocenters. The van der Waals surface area contributed by atoms with Crippen LogP contribution in [-0.2, 0) is 4.79 Å². The molecule has 3 rings (SSSR count). The third kappa shape index (κ3) is 2.45. The summed E-state index contributed by atoms with van der Waals surface area (Å²) in [7, 11) is 0. The van der Waals surface area contributed by atoms with Crippen LogP contribution in [0.2, 0.25) is 0 Å². The van der Waals surface area contributed by atoms with Crippen molar-refractivity contribution in [1.82, 2.24) is 0 Å². The van der Waals surface area contributed by atoms with Gasteiger partial charge in [0.2, 0.25) is 5.91 Å². The van der Waals surface area contributed by atoms with Crippen molar-refractivity contribution in [2.24, 2.45) is 5.73 Å². The summed E-state index contributed by atoms with van der Waals surface area (Å²) in [6.07, 6.45) is 0. The van der Waals surface area contributed by atoms with E-state index in [-0.39, 0.29) is 17.4 Å². The first-order valence-corrected chi connectivity index (χ1v) is 6.73. The molecule has 3 N–H and O–H groups in total. The van der Waals surface area contributed by atoms with Crippen molar-refractivity contribution in [3.05, 3.63) is 53.8 Å². The molecule has 1 aliphatic rings. The lowest BCUT2D eigenvalue weighted by Crippen LogP contribution is -2.36. The number of benzene rings is 2. The van der Waals surface area contributed by atoms with Gasteiger partial charge in [-0.2, -0.15) is 0 Å². The Morgan fingerprint density at radius 3 is 2.76 bits per heavy atom. The van der Waals surface area contributed by atoms with E-state index in [0.29, 0.717) is 16.9 Å². The molecule has 0 aromatic heterocycles. The minimum Gasteiger partial charge on any atom is -0.389 e. The molecular formula is C15H12FN3OS. The van der Waals surface area contributed by atoms with Crippen molar-refractivity contribution in [1.29, 1.82) is 0 Å². The van der Waals surface area contributed by atoms with Crippen molar-refractivity contribution >= 4 is 40.2 Å². The molecule has 1 heterocycles. The monoisotopic (exact) mass is 301 g/mol. The molecule has 21 heavy (non-hydrogen) atoms. The zero-order valence-electron chi connectivity index (χ0n) is 11.0. The van der Waals surface area contributed by atoms with Crippen molar-refractivity contribution in [2.75, 3.05) is 16.8 Å². The van der Waals surface area contributed by atoms with Crippen LogP contribution < -0.4 is 16.0 Å². The van der Waals surface area contributed by atoms with Gasteiger partial charge < -0.3 is 16.0 Å². The highest BCUT2D eigenvalue weighted by Crippen LogP contribution is 2.36. The van der Waals surface area contributed by atoms with Crippen LogP contribution in [0.1, 0.15) is 5.56 Å². The first-order chi connectivity index (χ1) is 10.1. The molecule has 6 heteroatoms. The van der Waals surface area contributed by atoms with E-state index in [0.717, 1.165) is 5.69 Å². The summed E-state index contributed by atoms with van der Waals surface area (Å²) in [4.78, 5) is 13.7. The second-order valence-electron chi connectivity index (χ2n) is 4.68. The van der Waals surface area contributed by atoms with E-state index in [1.165, 1.54) is 12.1 Å². The van der Waals surface area contributed by atoms with Gasteiger partial charge in [-0.05, 0) is 30.3 Å². The predicted octanol–water partition coefficient (Wildman–Crippen LogP) is 2.55. The molecule has 0 radical (unpaired) electrons. The van der Waals surface area contributed by atoms with Gasteiger partial charge in [-0.1, -0.05) is 24.4 Å². The first kappa shape index (κ1) is 13.5. The zero-order valence-corrected chi connectivity index (χ0v) is 11.8. The maximum atomic E-state index is 13.4. The highest BCUT2D eigenvalue weighted by molar-refractivity contribution is 7.80. The fourth-order valence-electron chi connectivity index (χ4n) is 2.39. The van der Waals surface area contributed by atoms with Crippen LogP contribution in [0, 0.1) is 5.82 Å². The van der Waals surface area contributed by atoms with Gasteiger partial charge in [-0.25, -0.2) is 4.39 Å². The molecule has 0 fully saturated rings. The summed E-state index contributed by atoms with van der Waals surface area (Å²) in [6, 6.07) is 11.6. The number of nitrogens with zero attached hydrogens (tertiary/aromatic N) is 1. The Balaban J connectivity index is 2.17. The number of carbonyl (C=O) groups excluding carboxylic acids is 1. The normalized spacial score (nSPS) is 13.6. The zero-order chi connectivity index (χ0) is 15.0. The van der Waals surface area contributed by atoms with Crippen molar-refractivity contribution in [3.63, 3.8) is 0 Å². The van der Waals surface area contributed by atoms with Crippen molar-refractivity contribution in [2.45, 2.75) is 0 Å². The molecule has 0 spiro atoms. The molecule has 1 amide bonds. The maximum Gasteiger partial charge on any atom is 0.244 e. The Bertz CT molecular complexity index is 747. The Morgan fingerprint density at radius 1 is 1.24 bits per heavy atom. The number of thiocarbonyl (C=S) groups is 1. The first-order valence-electron chi connectivity index (χ1n) is 6.32. The number of nitrogens with one attached hydrogen (secondary N) is 1. The number of rotatable bonds is 2. The van der Waals surface area contributed by atoms with Crippen LogP contribution in [-0.4, -0.2) is 17.4 Å². The van der Waals surface area contributed by atoms with Gasteiger partial charge in [0.25, 0.3) is 0 Å². The molecular weight excluding hydrogens is 289 g/mol. The summed E-state index contributed by atoms with van der Waals surface area (Å²) in [6.45, 7) is 0.123. The topological polar surface area (TPSA) is 58.4 Å². The standard InChI is InChI=1S/C15H12FN3OS/c16-9-5-6-12(10(7-9)15(17)21)19-8-14(20)18-11-3-1-2-4-13(11)19/h1-7H,8H2,(H2,17,21)(H,18,20). The van der Waals surface area contributed by atoms with Gasteiger partial charge in [-0.3, -0.25) is 4.79 Å². The fraction of sp³-hybridized carbons (Fsp3) is 0.0667. The summed E-state index contributed by atoms with van der Waals surface area (Å²) in [5, 5.41) is 2.80. The SMILES string of the molecule is NC(=S)c1cc(F)ccc1N1CC(=O)Nc2ccccc21. The van der Waals surface area contributed by atoms with E-state index in [9.17, 15) is 9.18 Å². The number of fused-ring (bicyclic) bond motifs is 1. The largest absolute Gasteiger partial charge is 0.389 e. The number of carbonyl (C=O) groups is 1. The van der Waals surface area contributed by atoms with Gasteiger partial charge in [0.15, 0.2) is 0 Å². The van der Waals surface area contributed by atoms with Crippen LogP contribution in [0.25, 0.3) is 0 Å². The van der Waals surface area contributed by atoms with Crippen LogP contribution in [0.5, 0.6) is 0 Å². The predicted molar refractivity (Wildman–Crippen MR) is 84.4 cm³/mol. The summed E-state index contributed by atoms with van der Waals surface area (Å²) >= 11 is 4.99. The number of anilines is 3. The molecule has 2 aromatic rings. The Hall–Kier alpha value is -2.47. The minimum atomic E-state index is -0.420. The van der Waals surface area contributed by atoms with E-state index < -0.39 is 5.82 Å². The van der Waals surface area contributed by atoms with Crippen molar-refractivity contribution in [3.8, 4) is 0 Å². The van der Waals surface area contributed by atoms with E-state index in [2.05, 4.69) is 5.32 Å². The average Bonchev–Trinajstić information content (AvgIpc) is 2.46. The molecule has 0 saturated carbocycles. The lowest BCUT2D eigenvalue weighted by Gasteiger charge is -2.32. The second kappa shape index (κ2) is 5.14. The Morgan fingerprint density at radius 2 is 2.00 bits per heavy atom. The van der Waals surface area contributed by atoms with Gasteiger partial charge in [-0.15, -0.1) is 0 Å². The van der Waals surface area contributed by atoms with Gasteiger partial charge in [0, 0.05) is 5.56 Å². The van der Waals surface area contributed by atoms with Crippen molar-refractivity contribution < 1.29 is 9.18 Å². The highest BCUT2D eigenvalue weighted by atomic mass is 32.1. The molecule has 106 valence electrons. The van der Waals surface area contributed by atoms with E-state index in [1.54, 1.807) is 11.0 Å². The Kier molecular flexibility index (Phi) is 3.31. The van der Waals surface area contributed by atoms with Crippen LogP contribution in [0.15, 0.2) is 42.5 Å². The third-order valence-corrected chi connectivity index (χ3v) is 3.51. The number of amides is 1.